The number of aliphatic hydroxyl groups excluding tert-OH is 1. The molecule has 0 bridgehead atoms. The molecule has 3 N–H and O–H groups in total. The quantitative estimate of drug-likeness (QED) is 0.552. The zero-order valence-electron chi connectivity index (χ0n) is 15.3. The Morgan fingerprint density at radius 3 is 2.25 bits per heavy atom. The second-order valence-electron chi connectivity index (χ2n) is 5.54. The summed E-state index contributed by atoms with van der Waals surface area (Å²) in [5.41, 5.74) is 1.44. The van der Waals surface area contributed by atoms with E-state index in [1.165, 1.54) is 6.21 Å². The Kier molecular flexibility index (Phi) is 10.4. The fraction of sp³-hybridized carbons (Fsp3) is 0.143. The van der Waals surface area contributed by atoms with Crippen molar-refractivity contribution in [2.75, 3.05) is 7.11 Å². The van der Waals surface area contributed by atoms with Crippen molar-refractivity contribution in [3.63, 3.8) is 0 Å². The van der Waals surface area contributed by atoms with E-state index in [0.29, 0.717) is 12.0 Å². The number of benzene rings is 3. The Morgan fingerprint density at radius 2 is 1.61 bits per heavy atom. The SMILES string of the molecule is CO.O=C(O)[C@H](Cc1ccccc1)N=Cc1c(O)ccc2ccccc12.[O]=[V]. The number of fused-ring (bicyclic) bond motifs is 1. The normalized spacial score (nSPS) is 11.0. The number of aromatic hydroxyl groups is 1. The summed E-state index contributed by atoms with van der Waals surface area (Å²) in [4.78, 5) is 15.7. The standard InChI is InChI=1S/C20H17NO3.CH4O.O.V/c22-19-11-10-15-8-4-5-9-16(15)17(19)13-21-18(20(23)24)12-14-6-2-1-3-7-14;1-2;;/h1-11,13,18,22H,12H2,(H,23,24);2H,1H3;;/t18-;;;/m0.../s1. The van der Waals surface area contributed by atoms with E-state index in [9.17, 15) is 15.0 Å². The van der Waals surface area contributed by atoms with Crippen molar-refractivity contribution >= 4 is 23.0 Å². The number of carboxylic acids is 1. The molecule has 0 saturated carbocycles. The number of rotatable bonds is 5. The van der Waals surface area contributed by atoms with Gasteiger partial charge in [-0.05, 0) is 22.4 Å². The third-order valence-corrected chi connectivity index (χ3v) is 3.89. The van der Waals surface area contributed by atoms with Gasteiger partial charge in [0.15, 0.2) is 6.04 Å². The van der Waals surface area contributed by atoms with E-state index < -0.39 is 12.0 Å². The molecular formula is C21H21NO5V. The number of aliphatic carboxylic acids is 1. The molecular weight excluding hydrogens is 397 g/mol. The van der Waals surface area contributed by atoms with Crippen LogP contribution in [0.15, 0.2) is 71.7 Å². The van der Waals surface area contributed by atoms with Gasteiger partial charge in [0.1, 0.15) is 5.75 Å². The van der Waals surface area contributed by atoms with E-state index in [-0.39, 0.29) is 5.75 Å². The van der Waals surface area contributed by atoms with Crippen LogP contribution in [0.1, 0.15) is 11.1 Å². The summed E-state index contributed by atoms with van der Waals surface area (Å²) in [6, 6.07) is 19.5. The first-order valence-corrected chi connectivity index (χ1v) is 8.86. The third-order valence-electron chi connectivity index (χ3n) is 3.89. The number of carbonyl (C=O) groups is 1. The number of hydrogen-bond acceptors (Lipinski definition) is 5. The summed E-state index contributed by atoms with van der Waals surface area (Å²) < 4.78 is 8.19. The maximum atomic E-state index is 11.5. The predicted octanol–water partition coefficient (Wildman–Crippen LogP) is 3.15. The number of hydrogen-bond donors (Lipinski definition) is 3. The maximum absolute atomic E-state index is 11.5. The van der Waals surface area contributed by atoms with Crippen molar-refractivity contribution in [2.45, 2.75) is 12.5 Å². The zero-order valence-corrected chi connectivity index (χ0v) is 16.7. The molecule has 0 amide bonds. The average Bonchev–Trinajstić information content (AvgIpc) is 2.75. The van der Waals surface area contributed by atoms with Crippen molar-refractivity contribution in [2.24, 2.45) is 4.99 Å². The molecule has 0 heterocycles. The molecule has 1 atom stereocenters. The number of aliphatic imine (C=N–C) groups is 1. The fourth-order valence-electron chi connectivity index (χ4n) is 2.63. The van der Waals surface area contributed by atoms with Crippen LogP contribution in [-0.4, -0.2) is 40.7 Å². The third kappa shape index (κ3) is 6.42. The number of carboxylic acid groups (broad SMARTS) is 1. The van der Waals surface area contributed by atoms with Crippen molar-refractivity contribution in [3.05, 3.63) is 77.9 Å². The zero-order chi connectivity index (χ0) is 20.9. The summed E-state index contributed by atoms with van der Waals surface area (Å²) in [5, 5.41) is 28.3. The molecule has 0 aliphatic rings. The molecule has 0 aromatic heterocycles. The van der Waals surface area contributed by atoms with Crippen molar-refractivity contribution in [1.82, 2.24) is 0 Å². The first-order chi connectivity index (χ1) is 13.6. The fourth-order valence-corrected chi connectivity index (χ4v) is 2.63. The summed E-state index contributed by atoms with van der Waals surface area (Å²) in [6.07, 6.45) is 1.76. The van der Waals surface area contributed by atoms with Crippen molar-refractivity contribution < 1.29 is 41.2 Å². The van der Waals surface area contributed by atoms with Crippen LogP contribution in [-0.2, 0) is 32.3 Å². The van der Waals surface area contributed by atoms with E-state index in [1.807, 2.05) is 60.7 Å². The van der Waals surface area contributed by atoms with E-state index in [4.69, 9.17) is 8.78 Å². The van der Waals surface area contributed by atoms with Gasteiger partial charge in [0, 0.05) is 25.3 Å². The van der Waals surface area contributed by atoms with E-state index >= 15 is 0 Å². The second-order valence-corrected chi connectivity index (χ2v) is 5.54. The van der Waals surface area contributed by atoms with Gasteiger partial charge in [0.05, 0.1) is 0 Å². The van der Waals surface area contributed by atoms with Gasteiger partial charge in [-0.3, -0.25) is 4.99 Å². The molecule has 0 fully saturated rings. The molecule has 0 spiro atoms. The molecule has 0 aliphatic heterocycles. The number of aliphatic hydroxyl groups is 1. The molecule has 0 aliphatic carbocycles. The minimum atomic E-state index is -0.991. The first kappa shape index (κ1) is 23.2. The van der Waals surface area contributed by atoms with Crippen LogP contribution in [0, 0.1) is 0 Å². The molecule has 3 rings (SSSR count). The summed E-state index contributed by atoms with van der Waals surface area (Å²) in [6.45, 7) is 0. The van der Waals surface area contributed by atoms with E-state index in [0.717, 1.165) is 40.8 Å². The summed E-state index contributed by atoms with van der Waals surface area (Å²) in [5.74, 6) is -0.906. The molecule has 3 aromatic carbocycles. The van der Waals surface area contributed by atoms with Crippen LogP contribution in [0.5, 0.6) is 5.75 Å². The molecule has 145 valence electrons. The van der Waals surface area contributed by atoms with Crippen molar-refractivity contribution in [3.8, 4) is 5.75 Å². The Morgan fingerprint density at radius 1 is 1.00 bits per heavy atom. The van der Waals surface area contributed by atoms with Crippen molar-refractivity contribution in [1.29, 1.82) is 0 Å². The summed E-state index contributed by atoms with van der Waals surface area (Å²) in [7, 11) is 1.00. The Labute approximate surface area is 172 Å². The minimum absolute atomic E-state index is 0.0845. The summed E-state index contributed by atoms with van der Waals surface area (Å²) >= 11 is 1.06. The first-order valence-electron chi connectivity index (χ1n) is 8.29. The second kappa shape index (κ2) is 12.6. The van der Waals surface area contributed by atoms with Gasteiger partial charge < -0.3 is 15.3 Å². The Bertz CT molecular complexity index is 915. The van der Waals surface area contributed by atoms with Crippen LogP contribution < -0.4 is 0 Å². The molecule has 0 radical (unpaired) electrons. The monoisotopic (exact) mass is 418 g/mol. The van der Waals surface area contributed by atoms with Gasteiger partial charge >= 0.3 is 27.0 Å². The van der Waals surface area contributed by atoms with E-state index in [1.54, 1.807) is 6.07 Å². The van der Waals surface area contributed by atoms with E-state index in [2.05, 4.69) is 4.99 Å². The van der Waals surface area contributed by atoms with Gasteiger partial charge in [0.2, 0.25) is 0 Å². The van der Waals surface area contributed by atoms with Crippen LogP contribution in [0.2, 0.25) is 0 Å². The molecule has 6 nitrogen and oxygen atoms in total. The molecule has 0 saturated heterocycles. The van der Waals surface area contributed by atoms with Crippen LogP contribution in [0.4, 0.5) is 0 Å². The Hall–Kier alpha value is -2.80. The van der Waals surface area contributed by atoms with Gasteiger partial charge in [-0.25, -0.2) is 4.79 Å². The molecule has 3 aromatic rings. The van der Waals surface area contributed by atoms with Crippen LogP contribution in [0.3, 0.4) is 0 Å². The molecule has 0 unspecified atom stereocenters. The average molecular weight is 418 g/mol. The van der Waals surface area contributed by atoms with Gasteiger partial charge in [-0.1, -0.05) is 60.7 Å². The predicted molar refractivity (Wildman–Crippen MR) is 104 cm³/mol. The molecule has 7 heteroatoms. The number of phenolic OH excluding ortho intramolecular Hbond substituents is 1. The Balaban J connectivity index is 0.000000921. The molecule has 28 heavy (non-hydrogen) atoms. The van der Waals surface area contributed by atoms with Crippen LogP contribution in [0.25, 0.3) is 10.8 Å². The van der Waals surface area contributed by atoms with Gasteiger partial charge in [-0.2, -0.15) is 0 Å². The van der Waals surface area contributed by atoms with Gasteiger partial charge in [-0.15, -0.1) is 0 Å². The van der Waals surface area contributed by atoms with Crippen LogP contribution >= 0.6 is 0 Å². The van der Waals surface area contributed by atoms with Gasteiger partial charge in [0.25, 0.3) is 0 Å². The number of nitrogens with zero attached hydrogens (tertiary/aromatic N) is 1. The number of phenols is 1. The topological polar surface area (TPSA) is 107 Å².